The number of carbonyl (C=O) groups excluding carboxylic acids is 1. The topological polar surface area (TPSA) is 38.3 Å². The molecule has 0 fully saturated rings. The maximum absolute atomic E-state index is 12.0. The Morgan fingerprint density at radius 2 is 1.31 bits per heavy atom. The zero-order valence-electron chi connectivity index (χ0n) is 18.1. The molecule has 3 nitrogen and oxygen atoms in total. The Hall–Kier alpha value is -0.570. The highest BCUT2D eigenvalue weighted by Crippen LogP contribution is 2.19. The van der Waals surface area contributed by atoms with E-state index in [2.05, 4.69) is 19.2 Å². The minimum Gasteiger partial charge on any atom is -0.465 e. The SMILES string of the molecule is CCCCCCCCC(CCCCCC)COC(=O)CCCCCNC. The van der Waals surface area contributed by atoms with Gasteiger partial charge < -0.3 is 10.1 Å². The van der Waals surface area contributed by atoms with E-state index in [0.29, 0.717) is 18.9 Å². The first kappa shape index (κ1) is 25.4. The van der Waals surface area contributed by atoms with Crippen LogP contribution in [-0.2, 0) is 9.53 Å². The van der Waals surface area contributed by atoms with E-state index in [-0.39, 0.29) is 5.97 Å². The minimum atomic E-state index is 0.0101. The van der Waals surface area contributed by atoms with E-state index in [9.17, 15) is 4.79 Å². The summed E-state index contributed by atoms with van der Waals surface area (Å²) in [6.07, 6.45) is 19.5. The Balaban J connectivity index is 3.91. The first-order chi connectivity index (χ1) is 12.7. The molecule has 0 spiro atoms. The molecule has 0 amide bonds. The molecule has 1 N–H and O–H groups in total. The van der Waals surface area contributed by atoms with E-state index in [0.717, 1.165) is 25.8 Å². The van der Waals surface area contributed by atoms with E-state index in [1.165, 1.54) is 77.0 Å². The lowest BCUT2D eigenvalue weighted by Gasteiger charge is -2.17. The molecule has 0 aliphatic heterocycles. The summed E-state index contributed by atoms with van der Waals surface area (Å²) in [5, 5.41) is 3.14. The molecule has 0 heterocycles. The van der Waals surface area contributed by atoms with Gasteiger partial charge in [-0.05, 0) is 45.2 Å². The molecule has 0 aromatic rings. The summed E-state index contributed by atoms with van der Waals surface area (Å²) in [6, 6.07) is 0. The number of hydrogen-bond acceptors (Lipinski definition) is 3. The van der Waals surface area contributed by atoms with Crippen LogP contribution in [0.5, 0.6) is 0 Å². The first-order valence-corrected chi connectivity index (χ1v) is 11.5. The summed E-state index contributed by atoms with van der Waals surface area (Å²) in [5.41, 5.74) is 0. The molecule has 26 heavy (non-hydrogen) atoms. The normalized spacial score (nSPS) is 12.3. The van der Waals surface area contributed by atoms with E-state index in [4.69, 9.17) is 4.74 Å². The quantitative estimate of drug-likeness (QED) is 0.193. The standard InChI is InChI=1S/C23H47NO2/c1-4-6-8-10-11-14-18-22(17-13-9-7-5-2)21-26-23(25)19-15-12-16-20-24-3/h22,24H,4-21H2,1-3H3. The molecule has 156 valence electrons. The van der Waals surface area contributed by atoms with Gasteiger partial charge in [0.25, 0.3) is 0 Å². The van der Waals surface area contributed by atoms with Gasteiger partial charge in [-0.3, -0.25) is 4.79 Å². The van der Waals surface area contributed by atoms with Crippen molar-refractivity contribution < 1.29 is 9.53 Å². The van der Waals surface area contributed by atoms with Crippen molar-refractivity contribution in [2.24, 2.45) is 5.92 Å². The van der Waals surface area contributed by atoms with Crippen molar-refractivity contribution in [2.75, 3.05) is 20.2 Å². The highest BCUT2D eigenvalue weighted by Gasteiger charge is 2.12. The molecule has 0 aliphatic rings. The second kappa shape index (κ2) is 20.7. The molecular weight excluding hydrogens is 322 g/mol. The van der Waals surface area contributed by atoms with Crippen molar-refractivity contribution in [3.05, 3.63) is 0 Å². The summed E-state index contributed by atoms with van der Waals surface area (Å²) >= 11 is 0. The number of ether oxygens (including phenoxy) is 1. The molecule has 1 atom stereocenters. The molecule has 0 saturated carbocycles. The Morgan fingerprint density at radius 3 is 1.92 bits per heavy atom. The van der Waals surface area contributed by atoms with Gasteiger partial charge in [-0.25, -0.2) is 0 Å². The van der Waals surface area contributed by atoms with Crippen LogP contribution in [0, 0.1) is 5.92 Å². The number of esters is 1. The summed E-state index contributed by atoms with van der Waals surface area (Å²) in [4.78, 5) is 12.0. The number of hydrogen-bond donors (Lipinski definition) is 1. The molecule has 0 aliphatic carbocycles. The van der Waals surface area contributed by atoms with Crippen LogP contribution in [0.2, 0.25) is 0 Å². The van der Waals surface area contributed by atoms with Gasteiger partial charge in [-0.2, -0.15) is 0 Å². The van der Waals surface area contributed by atoms with Crippen LogP contribution in [0.3, 0.4) is 0 Å². The average molecular weight is 370 g/mol. The van der Waals surface area contributed by atoms with Gasteiger partial charge in [-0.1, -0.05) is 84.5 Å². The van der Waals surface area contributed by atoms with Crippen molar-refractivity contribution in [1.29, 1.82) is 0 Å². The zero-order valence-corrected chi connectivity index (χ0v) is 18.1. The predicted molar refractivity (Wildman–Crippen MR) is 114 cm³/mol. The molecule has 0 rings (SSSR count). The fourth-order valence-corrected chi connectivity index (χ4v) is 3.41. The monoisotopic (exact) mass is 369 g/mol. The third-order valence-electron chi connectivity index (χ3n) is 5.22. The highest BCUT2D eigenvalue weighted by atomic mass is 16.5. The lowest BCUT2D eigenvalue weighted by molar-refractivity contribution is -0.145. The maximum Gasteiger partial charge on any atom is 0.305 e. The second-order valence-corrected chi connectivity index (χ2v) is 7.87. The summed E-state index contributed by atoms with van der Waals surface area (Å²) in [6.45, 7) is 6.21. The van der Waals surface area contributed by atoms with Gasteiger partial charge in [0.05, 0.1) is 6.61 Å². The van der Waals surface area contributed by atoms with E-state index < -0.39 is 0 Å². The van der Waals surface area contributed by atoms with Crippen molar-refractivity contribution in [1.82, 2.24) is 5.32 Å². The fraction of sp³-hybridized carbons (Fsp3) is 0.957. The molecule has 1 unspecified atom stereocenters. The average Bonchev–Trinajstić information content (AvgIpc) is 2.65. The number of rotatable bonds is 20. The predicted octanol–water partition coefficient (Wildman–Crippen LogP) is 6.65. The van der Waals surface area contributed by atoms with E-state index >= 15 is 0 Å². The third kappa shape index (κ3) is 18.2. The number of nitrogens with one attached hydrogen (secondary N) is 1. The smallest absolute Gasteiger partial charge is 0.305 e. The minimum absolute atomic E-state index is 0.0101. The zero-order chi connectivity index (χ0) is 19.3. The first-order valence-electron chi connectivity index (χ1n) is 11.5. The van der Waals surface area contributed by atoms with Gasteiger partial charge in [-0.15, -0.1) is 0 Å². The molecule has 0 radical (unpaired) electrons. The second-order valence-electron chi connectivity index (χ2n) is 7.87. The Bertz CT molecular complexity index is 294. The van der Waals surface area contributed by atoms with Gasteiger partial charge in [0.2, 0.25) is 0 Å². The lowest BCUT2D eigenvalue weighted by Crippen LogP contribution is -2.15. The third-order valence-corrected chi connectivity index (χ3v) is 5.22. The fourth-order valence-electron chi connectivity index (χ4n) is 3.41. The van der Waals surface area contributed by atoms with Gasteiger partial charge >= 0.3 is 5.97 Å². The Labute approximate surface area is 164 Å². The van der Waals surface area contributed by atoms with Crippen LogP contribution in [0.4, 0.5) is 0 Å². The van der Waals surface area contributed by atoms with Gasteiger partial charge in [0.1, 0.15) is 0 Å². The molecule has 0 bridgehead atoms. The molecule has 0 aromatic heterocycles. The number of unbranched alkanes of at least 4 members (excludes halogenated alkanes) is 10. The number of carbonyl (C=O) groups is 1. The largest absolute Gasteiger partial charge is 0.465 e. The summed E-state index contributed by atoms with van der Waals surface area (Å²) in [7, 11) is 1.97. The van der Waals surface area contributed by atoms with Crippen LogP contribution in [0.1, 0.15) is 117 Å². The Kier molecular flexibility index (Phi) is 20.3. The summed E-state index contributed by atoms with van der Waals surface area (Å²) in [5.74, 6) is 0.585. The Morgan fingerprint density at radius 1 is 0.769 bits per heavy atom. The van der Waals surface area contributed by atoms with Gasteiger partial charge in [0.15, 0.2) is 0 Å². The molecule has 0 saturated heterocycles. The lowest BCUT2D eigenvalue weighted by atomic mass is 9.95. The van der Waals surface area contributed by atoms with Crippen LogP contribution < -0.4 is 5.32 Å². The molecular formula is C23H47NO2. The van der Waals surface area contributed by atoms with Crippen LogP contribution in [-0.4, -0.2) is 26.2 Å². The molecule has 0 aromatic carbocycles. The van der Waals surface area contributed by atoms with Crippen LogP contribution in [0.15, 0.2) is 0 Å². The van der Waals surface area contributed by atoms with Crippen molar-refractivity contribution in [3.63, 3.8) is 0 Å². The van der Waals surface area contributed by atoms with Crippen molar-refractivity contribution in [3.8, 4) is 0 Å². The van der Waals surface area contributed by atoms with Crippen LogP contribution >= 0.6 is 0 Å². The summed E-state index contributed by atoms with van der Waals surface area (Å²) < 4.78 is 5.61. The van der Waals surface area contributed by atoms with Gasteiger partial charge in [0, 0.05) is 6.42 Å². The van der Waals surface area contributed by atoms with E-state index in [1.807, 2.05) is 7.05 Å². The van der Waals surface area contributed by atoms with Crippen LogP contribution in [0.25, 0.3) is 0 Å². The van der Waals surface area contributed by atoms with E-state index in [1.54, 1.807) is 0 Å². The highest BCUT2D eigenvalue weighted by molar-refractivity contribution is 5.69. The maximum atomic E-state index is 12.0. The van der Waals surface area contributed by atoms with Crippen molar-refractivity contribution in [2.45, 2.75) is 117 Å². The van der Waals surface area contributed by atoms with Crippen molar-refractivity contribution >= 4 is 5.97 Å². The molecule has 3 heteroatoms.